The quantitative estimate of drug-likeness (QED) is 0.304. The Bertz CT molecular complexity index is 1080. The Morgan fingerprint density at radius 2 is 1.90 bits per heavy atom. The van der Waals surface area contributed by atoms with Gasteiger partial charge in [0.15, 0.2) is 16.4 Å². The Hall–Kier alpha value is -3.01. The monoisotopic (exact) mass is 420 g/mol. The molecule has 0 N–H and O–H groups in total. The fourth-order valence-electron chi connectivity index (χ4n) is 3.61. The number of sulfone groups is 1. The predicted molar refractivity (Wildman–Crippen MR) is 104 cm³/mol. The zero-order valence-electron chi connectivity index (χ0n) is 16.0. The van der Waals surface area contributed by atoms with Crippen molar-refractivity contribution in [2.75, 3.05) is 18.1 Å². The van der Waals surface area contributed by atoms with Gasteiger partial charge in [0.05, 0.1) is 22.0 Å². The zero-order valence-corrected chi connectivity index (χ0v) is 16.8. The van der Waals surface area contributed by atoms with Gasteiger partial charge in [0, 0.05) is 35.1 Å². The first-order valence-corrected chi connectivity index (χ1v) is 10.7. The number of nitrogens with zero attached hydrogens (tertiary/aromatic N) is 2. The van der Waals surface area contributed by atoms with Gasteiger partial charge in [-0.15, -0.1) is 0 Å². The summed E-state index contributed by atoms with van der Waals surface area (Å²) in [6.07, 6.45) is 0.501. The lowest BCUT2D eigenvalue weighted by molar-refractivity contribution is -0.384. The third-order valence-corrected chi connectivity index (χ3v) is 6.76. The van der Waals surface area contributed by atoms with Crippen molar-refractivity contribution in [2.45, 2.75) is 26.3 Å². The zero-order chi connectivity index (χ0) is 21.3. The topological polar surface area (TPSA) is 126 Å². The standard InChI is InChI=1S/C19H20N2O7S/c1-12-9-17(13(2)20(12)16-7-8-29(26,27)11-16)18(22)10-28-19(23)14-3-5-15(6-4-14)21(24)25/h3-6,9,16H,7-8,10-11H2,1-2H3. The molecule has 29 heavy (non-hydrogen) atoms. The maximum atomic E-state index is 12.6. The van der Waals surface area contributed by atoms with Crippen LogP contribution in [0.4, 0.5) is 5.69 Å². The van der Waals surface area contributed by atoms with E-state index in [1.165, 1.54) is 24.3 Å². The number of carbonyl (C=O) groups excluding carboxylic acids is 2. The van der Waals surface area contributed by atoms with Crippen LogP contribution in [0, 0.1) is 24.0 Å². The van der Waals surface area contributed by atoms with E-state index in [0.29, 0.717) is 17.7 Å². The average Bonchev–Trinajstić information content (AvgIpc) is 3.17. The van der Waals surface area contributed by atoms with Gasteiger partial charge in [-0.05, 0) is 38.5 Å². The number of nitro groups is 1. The number of carbonyl (C=O) groups is 2. The Morgan fingerprint density at radius 3 is 2.45 bits per heavy atom. The number of benzene rings is 1. The Morgan fingerprint density at radius 1 is 1.24 bits per heavy atom. The van der Waals surface area contributed by atoms with Crippen LogP contribution in [0.1, 0.15) is 44.6 Å². The number of nitro benzene ring substituents is 1. The number of aromatic nitrogens is 1. The minimum absolute atomic E-state index is 0.0477. The van der Waals surface area contributed by atoms with Crippen molar-refractivity contribution in [1.29, 1.82) is 0 Å². The third-order valence-electron chi connectivity index (χ3n) is 5.01. The van der Waals surface area contributed by atoms with Crippen LogP contribution in [0.15, 0.2) is 30.3 Å². The first-order chi connectivity index (χ1) is 13.6. The van der Waals surface area contributed by atoms with Gasteiger partial charge in [-0.3, -0.25) is 14.9 Å². The second kappa shape index (κ2) is 7.78. The van der Waals surface area contributed by atoms with Crippen LogP contribution in [0.2, 0.25) is 0 Å². The third kappa shape index (κ3) is 4.37. The molecule has 1 aromatic carbocycles. The fourth-order valence-corrected chi connectivity index (χ4v) is 5.31. The van der Waals surface area contributed by atoms with Crippen molar-refractivity contribution in [3.05, 3.63) is 63.0 Å². The molecule has 0 saturated carbocycles. The van der Waals surface area contributed by atoms with E-state index in [0.717, 1.165) is 5.69 Å². The van der Waals surface area contributed by atoms with Gasteiger partial charge in [-0.2, -0.15) is 0 Å². The summed E-state index contributed by atoms with van der Waals surface area (Å²) >= 11 is 0. The van der Waals surface area contributed by atoms with Crippen LogP contribution < -0.4 is 0 Å². The number of ketones is 1. The molecule has 0 bridgehead atoms. The number of hydrogen-bond acceptors (Lipinski definition) is 7. The predicted octanol–water partition coefficient (Wildman–Crippen LogP) is 2.41. The smallest absolute Gasteiger partial charge is 0.338 e. The molecular formula is C19H20N2O7S. The van der Waals surface area contributed by atoms with E-state index >= 15 is 0 Å². The summed E-state index contributed by atoms with van der Waals surface area (Å²) in [7, 11) is -3.07. The first-order valence-electron chi connectivity index (χ1n) is 8.92. The van der Waals surface area contributed by atoms with Gasteiger partial charge in [-0.25, -0.2) is 13.2 Å². The van der Waals surface area contributed by atoms with Crippen LogP contribution in [-0.2, 0) is 14.6 Å². The minimum atomic E-state index is -3.07. The van der Waals surface area contributed by atoms with Crippen molar-refractivity contribution in [1.82, 2.24) is 4.57 Å². The molecule has 10 heteroatoms. The van der Waals surface area contributed by atoms with Crippen molar-refractivity contribution in [2.24, 2.45) is 0 Å². The molecule has 0 aliphatic carbocycles. The van der Waals surface area contributed by atoms with Crippen LogP contribution in [0.3, 0.4) is 0 Å². The van der Waals surface area contributed by atoms with E-state index in [9.17, 15) is 28.1 Å². The number of hydrogen-bond donors (Lipinski definition) is 0. The molecule has 1 aliphatic rings. The van der Waals surface area contributed by atoms with E-state index in [1.807, 2.05) is 4.57 Å². The minimum Gasteiger partial charge on any atom is -0.454 e. The number of ether oxygens (including phenoxy) is 1. The maximum absolute atomic E-state index is 12.6. The van der Waals surface area contributed by atoms with E-state index < -0.39 is 33.1 Å². The van der Waals surface area contributed by atoms with Crippen molar-refractivity contribution >= 4 is 27.3 Å². The molecule has 1 aliphatic heterocycles. The summed E-state index contributed by atoms with van der Waals surface area (Å²) in [5.41, 5.74) is 1.74. The molecule has 154 valence electrons. The molecule has 0 spiro atoms. The lowest BCUT2D eigenvalue weighted by atomic mass is 10.1. The Balaban J connectivity index is 1.69. The SMILES string of the molecule is Cc1cc(C(=O)COC(=O)c2ccc([N+](=O)[O-])cc2)c(C)n1C1CCS(=O)(=O)C1. The molecule has 1 aromatic heterocycles. The van der Waals surface area contributed by atoms with Gasteiger partial charge in [-0.1, -0.05) is 0 Å². The number of non-ortho nitro benzene ring substituents is 1. The van der Waals surface area contributed by atoms with E-state index in [1.54, 1.807) is 19.9 Å². The number of esters is 1. The molecule has 2 heterocycles. The molecule has 0 radical (unpaired) electrons. The molecule has 1 unspecified atom stereocenters. The lowest BCUT2D eigenvalue weighted by Gasteiger charge is -2.16. The van der Waals surface area contributed by atoms with Crippen LogP contribution in [0.5, 0.6) is 0 Å². The Labute approximate surface area is 167 Å². The lowest BCUT2D eigenvalue weighted by Crippen LogP contribution is -2.17. The highest BCUT2D eigenvalue weighted by atomic mass is 32.2. The van der Waals surface area contributed by atoms with E-state index in [2.05, 4.69) is 0 Å². The molecular weight excluding hydrogens is 400 g/mol. The summed E-state index contributed by atoms with van der Waals surface area (Å²) in [4.78, 5) is 34.7. The van der Waals surface area contributed by atoms with Crippen LogP contribution in [-0.4, -0.2) is 47.8 Å². The van der Waals surface area contributed by atoms with Crippen molar-refractivity contribution in [3.63, 3.8) is 0 Å². The fraction of sp³-hybridized carbons (Fsp3) is 0.368. The van der Waals surface area contributed by atoms with Gasteiger partial charge in [0.1, 0.15) is 0 Å². The Kier molecular flexibility index (Phi) is 5.56. The summed E-state index contributed by atoms with van der Waals surface area (Å²) in [5, 5.41) is 10.7. The number of aryl methyl sites for hydroxylation is 1. The highest BCUT2D eigenvalue weighted by molar-refractivity contribution is 7.91. The van der Waals surface area contributed by atoms with E-state index in [-0.39, 0.29) is 28.8 Å². The molecule has 3 rings (SSSR count). The number of Topliss-reactive ketones (excluding diaryl/α,β-unsaturated/α-hetero) is 1. The summed E-state index contributed by atoms with van der Waals surface area (Å²) < 4.78 is 30.4. The van der Waals surface area contributed by atoms with Gasteiger partial charge >= 0.3 is 5.97 Å². The van der Waals surface area contributed by atoms with Gasteiger partial charge in [0.2, 0.25) is 5.78 Å². The molecule has 1 fully saturated rings. The normalized spacial score (nSPS) is 17.8. The molecule has 0 amide bonds. The largest absolute Gasteiger partial charge is 0.454 e. The highest BCUT2D eigenvalue weighted by Crippen LogP contribution is 2.29. The summed E-state index contributed by atoms with van der Waals surface area (Å²) in [5.74, 6) is -0.985. The summed E-state index contributed by atoms with van der Waals surface area (Å²) in [6, 6.07) is 6.35. The van der Waals surface area contributed by atoms with Crippen LogP contribution >= 0.6 is 0 Å². The average molecular weight is 420 g/mol. The molecule has 1 saturated heterocycles. The van der Waals surface area contributed by atoms with Gasteiger partial charge in [0.25, 0.3) is 5.69 Å². The molecule has 2 aromatic rings. The van der Waals surface area contributed by atoms with Crippen molar-refractivity contribution < 1.29 is 27.7 Å². The second-order valence-electron chi connectivity index (χ2n) is 7.01. The maximum Gasteiger partial charge on any atom is 0.338 e. The van der Waals surface area contributed by atoms with Gasteiger partial charge < -0.3 is 9.30 Å². The second-order valence-corrected chi connectivity index (χ2v) is 9.24. The molecule has 9 nitrogen and oxygen atoms in total. The highest BCUT2D eigenvalue weighted by Gasteiger charge is 2.31. The van der Waals surface area contributed by atoms with E-state index in [4.69, 9.17) is 4.74 Å². The first kappa shape index (κ1) is 20.7. The summed E-state index contributed by atoms with van der Waals surface area (Å²) in [6.45, 7) is 3.06. The number of rotatable bonds is 6. The molecule has 1 atom stereocenters. The van der Waals surface area contributed by atoms with Crippen LogP contribution in [0.25, 0.3) is 0 Å². The van der Waals surface area contributed by atoms with Crippen molar-refractivity contribution in [3.8, 4) is 0 Å².